The number of nitro benzene ring substituents is 1. The van der Waals surface area contributed by atoms with E-state index in [1.165, 1.54) is 18.2 Å². The van der Waals surface area contributed by atoms with Crippen molar-refractivity contribution in [3.8, 4) is 0 Å². The number of amides is 1. The molecule has 10 nitrogen and oxygen atoms in total. The minimum absolute atomic E-state index is 0.0241. The average molecular weight is 277 g/mol. The van der Waals surface area contributed by atoms with Crippen LogP contribution in [0.3, 0.4) is 0 Å². The fourth-order valence-electron chi connectivity index (χ4n) is 1.54. The Morgan fingerprint density at radius 2 is 2.30 bits per heavy atom. The summed E-state index contributed by atoms with van der Waals surface area (Å²) in [6.07, 6.45) is 0. The van der Waals surface area contributed by atoms with Crippen LogP contribution in [-0.4, -0.2) is 38.5 Å². The molecule has 2 rings (SSSR count). The normalized spacial score (nSPS) is 10.1. The number of tetrazole rings is 1. The second-order valence-electron chi connectivity index (χ2n) is 3.75. The fourth-order valence-corrected chi connectivity index (χ4v) is 1.54. The topological polar surface area (TPSA) is 139 Å². The van der Waals surface area contributed by atoms with Crippen LogP contribution in [0.2, 0.25) is 0 Å². The molecule has 20 heavy (non-hydrogen) atoms. The molecule has 2 aromatic rings. The van der Waals surface area contributed by atoms with Crippen LogP contribution < -0.4 is 10.6 Å². The van der Waals surface area contributed by atoms with Crippen LogP contribution >= 0.6 is 0 Å². The number of benzene rings is 1. The monoisotopic (exact) mass is 277 g/mol. The zero-order valence-electron chi connectivity index (χ0n) is 10.5. The summed E-state index contributed by atoms with van der Waals surface area (Å²) < 4.78 is 0. The van der Waals surface area contributed by atoms with Crippen molar-refractivity contribution >= 4 is 17.3 Å². The van der Waals surface area contributed by atoms with Gasteiger partial charge in [-0.2, -0.15) is 5.21 Å². The third kappa shape index (κ3) is 2.85. The highest BCUT2D eigenvalue weighted by molar-refractivity contribution is 5.99. The van der Waals surface area contributed by atoms with Gasteiger partial charge in [-0.15, -0.1) is 10.2 Å². The molecule has 1 heterocycles. The number of rotatable bonds is 5. The number of aromatic amines is 1. The van der Waals surface area contributed by atoms with Gasteiger partial charge in [0.05, 0.1) is 11.5 Å². The summed E-state index contributed by atoms with van der Waals surface area (Å²) in [6.45, 7) is 0.0241. The van der Waals surface area contributed by atoms with Gasteiger partial charge in [-0.3, -0.25) is 14.9 Å². The van der Waals surface area contributed by atoms with Crippen molar-refractivity contribution in [2.45, 2.75) is 6.54 Å². The second-order valence-corrected chi connectivity index (χ2v) is 3.75. The van der Waals surface area contributed by atoms with Crippen LogP contribution in [0.15, 0.2) is 18.2 Å². The average Bonchev–Trinajstić information content (AvgIpc) is 2.97. The number of anilines is 1. The first-order valence-corrected chi connectivity index (χ1v) is 5.58. The summed E-state index contributed by atoms with van der Waals surface area (Å²) in [7, 11) is 1.65. The maximum atomic E-state index is 12.0. The van der Waals surface area contributed by atoms with Crippen molar-refractivity contribution in [3.63, 3.8) is 0 Å². The molecule has 0 saturated heterocycles. The molecule has 0 bridgehead atoms. The Morgan fingerprint density at radius 3 is 2.90 bits per heavy atom. The second kappa shape index (κ2) is 5.73. The number of hydrogen-bond donors (Lipinski definition) is 3. The number of nitro groups is 1. The van der Waals surface area contributed by atoms with Gasteiger partial charge < -0.3 is 10.6 Å². The third-order valence-electron chi connectivity index (χ3n) is 2.52. The van der Waals surface area contributed by atoms with Crippen molar-refractivity contribution < 1.29 is 9.72 Å². The molecule has 0 spiro atoms. The Labute approximate surface area is 112 Å². The minimum Gasteiger partial charge on any atom is -0.388 e. The molecule has 0 aliphatic rings. The Balaban J connectivity index is 2.20. The van der Waals surface area contributed by atoms with Crippen molar-refractivity contribution in [3.05, 3.63) is 39.7 Å². The van der Waals surface area contributed by atoms with E-state index in [0.717, 1.165) is 0 Å². The van der Waals surface area contributed by atoms with Gasteiger partial charge in [0.25, 0.3) is 11.6 Å². The molecular weight excluding hydrogens is 266 g/mol. The Morgan fingerprint density at radius 1 is 1.50 bits per heavy atom. The van der Waals surface area contributed by atoms with E-state index in [-0.39, 0.29) is 23.6 Å². The number of nitrogens with one attached hydrogen (secondary N) is 3. The number of carbonyl (C=O) groups excluding carboxylic acids is 1. The third-order valence-corrected chi connectivity index (χ3v) is 2.52. The molecule has 0 saturated carbocycles. The summed E-state index contributed by atoms with van der Waals surface area (Å²) in [4.78, 5) is 22.3. The Hall–Kier alpha value is -3.04. The van der Waals surface area contributed by atoms with Gasteiger partial charge >= 0.3 is 0 Å². The lowest BCUT2D eigenvalue weighted by Crippen LogP contribution is -2.24. The molecular formula is C10H11N7O3. The predicted octanol–water partition coefficient (Wildman–Crippen LogP) is 0.0796. The van der Waals surface area contributed by atoms with E-state index in [0.29, 0.717) is 5.69 Å². The first-order valence-electron chi connectivity index (χ1n) is 5.58. The Bertz CT molecular complexity index is 626. The van der Waals surface area contributed by atoms with Gasteiger partial charge in [-0.1, -0.05) is 5.21 Å². The number of carbonyl (C=O) groups is 1. The molecule has 1 amide bonds. The molecule has 0 aliphatic carbocycles. The first-order chi connectivity index (χ1) is 9.61. The summed E-state index contributed by atoms with van der Waals surface area (Å²) in [5.74, 6) is -0.302. The molecule has 1 aromatic heterocycles. The van der Waals surface area contributed by atoms with Crippen LogP contribution in [0.5, 0.6) is 0 Å². The zero-order chi connectivity index (χ0) is 14.5. The maximum Gasteiger partial charge on any atom is 0.282 e. The summed E-state index contributed by atoms with van der Waals surface area (Å²) in [5, 5.41) is 29.1. The highest BCUT2D eigenvalue weighted by Crippen LogP contribution is 2.22. The number of hydrogen-bond acceptors (Lipinski definition) is 7. The van der Waals surface area contributed by atoms with E-state index < -0.39 is 10.8 Å². The lowest BCUT2D eigenvalue weighted by Gasteiger charge is -2.06. The summed E-state index contributed by atoms with van der Waals surface area (Å²) in [5.41, 5.74) is 0.292. The first kappa shape index (κ1) is 13.4. The van der Waals surface area contributed by atoms with Crippen molar-refractivity contribution in [2.24, 2.45) is 0 Å². The van der Waals surface area contributed by atoms with E-state index in [1.54, 1.807) is 7.05 Å². The molecule has 10 heteroatoms. The van der Waals surface area contributed by atoms with Gasteiger partial charge in [0.15, 0.2) is 5.82 Å². The van der Waals surface area contributed by atoms with E-state index in [4.69, 9.17) is 0 Å². The van der Waals surface area contributed by atoms with Crippen LogP contribution in [0.1, 0.15) is 16.2 Å². The van der Waals surface area contributed by atoms with E-state index in [2.05, 4.69) is 31.3 Å². The molecule has 0 fully saturated rings. The van der Waals surface area contributed by atoms with Gasteiger partial charge in [-0.05, 0) is 12.1 Å². The van der Waals surface area contributed by atoms with E-state index >= 15 is 0 Å². The molecule has 1 aromatic carbocycles. The predicted molar refractivity (Wildman–Crippen MR) is 68.0 cm³/mol. The highest BCUT2D eigenvalue weighted by Gasteiger charge is 2.20. The number of H-pyrrole nitrogens is 1. The van der Waals surface area contributed by atoms with Gasteiger partial charge in [0.1, 0.15) is 5.56 Å². The molecule has 0 aliphatic heterocycles. The summed E-state index contributed by atoms with van der Waals surface area (Å²) >= 11 is 0. The van der Waals surface area contributed by atoms with E-state index in [9.17, 15) is 14.9 Å². The number of nitrogens with zero attached hydrogens (tertiary/aromatic N) is 4. The largest absolute Gasteiger partial charge is 0.388 e. The van der Waals surface area contributed by atoms with Crippen LogP contribution in [0.4, 0.5) is 11.4 Å². The molecule has 0 unspecified atom stereocenters. The standard InChI is InChI=1S/C10H11N7O3/c1-11-6-2-3-8(17(19)20)7(4-6)10(18)12-5-9-13-15-16-14-9/h2-4,11H,5H2,1H3,(H,12,18)(H,13,14,15,16). The van der Waals surface area contributed by atoms with Crippen molar-refractivity contribution in [1.29, 1.82) is 0 Å². The minimum atomic E-state index is -0.608. The van der Waals surface area contributed by atoms with Crippen molar-refractivity contribution in [2.75, 3.05) is 12.4 Å². The van der Waals surface area contributed by atoms with E-state index in [1.807, 2.05) is 0 Å². The van der Waals surface area contributed by atoms with Crippen LogP contribution in [0, 0.1) is 10.1 Å². The molecule has 0 radical (unpaired) electrons. The quantitative estimate of drug-likeness (QED) is 0.519. The molecule has 0 atom stereocenters. The van der Waals surface area contributed by atoms with Crippen molar-refractivity contribution in [1.82, 2.24) is 25.9 Å². The fraction of sp³-hybridized carbons (Fsp3) is 0.200. The molecule has 3 N–H and O–H groups in total. The zero-order valence-corrected chi connectivity index (χ0v) is 10.5. The van der Waals surface area contributed by atoms with Gasteiger partial charge in [0.2, 0.25) is 0 Å². The SMILES string of the molecule is CNc1ccc([N+](=O)[O-])c(C(=O)NCc2nn[nH]n2)c1. The van der Waals surface area contributed by atoms with Gasteiger partial charge in [0, 0.05) is 18.8 Å². The summed E-state index contributed by atoms with van der Waals surface area (Å²) in [6, 6.07) is 4.20. The Kier molecular flexibility index (Phi) is 3.84. The lowest BCUT2D eigenvalue weighted by atomic mass is 10.1. The molecule has 104 valence electrons. The van der Waals surface area contributed by atoms with Crippen LogP contribution in [0.25, 0.3) is 0 Å². The smallest absolute Gasteiger partial charge is 0.282 e. The van der Waals surface area contributed by atoms with Crippen LogP contribution in [-0.2, 0) is 6.54 Å². The maximum absolute atomic E-state index is 12.0. The lowest BCUT2D eigenvalue weighted by molar-refractivity contribution is -0.385. The number of aromatic nitrogens is 4. The van der Waals surface area contributed by atoms with Gasteiger partial charge in [-0.25, -0.2) is 0 Å². The highest BCUT2D eigenvalue weighted by atomic mass is 16.6.